The van der Waals surface area contributed by atoms with Crippen LogP contribution in [-0.4, -0.2) is 58.8 Å². The van der Waals surface area contributed by atoms with E-state index in [2.05, 4.69) is 31.9 Å². The third-order valence-electron chi connectivity index (χ3n) is 5.44. The molecule has 1 N–H and O–H groups in total. The van der Waals surface area contributed by atoms with Gasteiger partial charge in [-0.05, 0) is 42.8 Å². The van der Waals surface area contributed by atoms with Crippen molar-refractivity contribution < 1.29 is 27.2 Å². The number of nitrogens with one attached hydrogen (secondary N) is 1. The van der Waals surface area contributed by atoms with Gasteiger partial charge in [0.05, 0.1) is 6.61 Å². The van der Waals surface area contributed by atoms with E-state index in [9.17, 15) is 18.0 Å². The van der Waals surface area contributed by atoms with Crippen molar-refractivity contribution in [2.24, 2.45) is 0 Å². The minimum absolute atomic E-state index is 0.182. The minimum atomic E-state index is -4.70. The molecule has 3 aromatic rings. The quantitative estimate of drug-likeness (QED) is 0.480. The lowest BCUT2D eigenvalue weighted by atomic mass is 10.2. The number of alkyl halides is 3. The molecule has 0 atom stereocenters. The number of carbonyl (C=O) groups excluding carboxylic acids is 1. The standard InChI is InChI=1S/C23H25F3N6O3/c1-2-3-14-34-18-7-5-17(6-8-18)28-22(33)32-12-10-31(11-13-32)19-9-4-16(15-27-19)20-29-21(35-30-20)23(24,25)26/h4-9,15H,2-3,10-14H2,1H3,(H,28,33). The second-order valence-corrected chi connectivity index (χ2v) is 7.96. The topological polar surface area (TPSA) is 96.6 Å². The normalized spacial score (nSPS) is 14.2. The number of halogens is 3. The third-order valence-corrected chi connectivity index (χ3v) is 5.44. The van der Waals surface area contributed by atoms with E-state index in [1.165, 1.54) is 6.20 Å². The maximum atomic E-state index is 12.6. The predicted molar refractivity (Wildman–Crippen MR) is 122 cm³/mol. The number of amides is 2. The summed E-state index contributed by atoms with van der Waals surface area (Å²) in [5.41, 5.74) is 1.00. The number of carbonyl (C=O) groups is 1. The van der Waals surface area contributed by atoms with Gasteiger partial charge in [-0.2, -0.15) is 18.2 Å². The van der Waals surface area contributed by atoms with Gasteiger partial charge in [0.15, 0.2) is 0 Å². The van der Waals surface area contributed by atoms with Crippen LogP contribution >= 0.6 is 0 Å². The number of urea groups is 1. The third kappa shape index (κ3) is 6.19. The number of aromatic nitrogens is 3. The summed E-state index contributed by atoms with van der Waals surface area (Å²) in [6.07, 6.45) is -1.24. The SMILES string of the molecule is CCCCOc1ccc(NC(=O)N2CCN(c3ccc(-c4noc(C(F)(F)F)n4)cn3)CC2)cc1. The number of nitrogens with zero attached hydrogens (tertiary/aromatic N) is 5. The van der Waals surface area contributed by atoms with Gasteiger partial charge < -0.3 is 24.4 Å². The highest BCUT2D eigenvalue weighted by atomic mass is 19.4. The molecule has 9 nitrogen and oxygen atoms in total. The van der Waals surface area contributed by atoms with Crippen molar-refractivity contribution in [1.82, 2.24) is 20.0 Å². The van der Waals surface area contributed by atoms with Crippen LogP contribution in [0.2, 0.25) is 0 Å². The first-order valence-corrected chi connectivity index (χ1v) is 11.2. The van der Waals surface area contributed by atoms with Gasteiger partial charge in [-0.25, -0.2) is 9.78 Å². The summed E-state index contributed by atoms with van der Waals surface area (Å²) in [6, 6.07) is 10.4. The van der Waals surface area contributed by atoms with Crippen LogP contribution in [0.25, 0.3) is 11.4 Å². The zero-order valence-electron chi connectivity index (χ0n) is 19.1. The summed E-state index contributed by atoms with van der Waals surface area (Å²) in [5, 5.41) is 6.26. The van der Waals surface area contributed by atoms with E-state index in [0.717, 1.165) is 18.6 Å². The smallest absolute Gasteiger partial charge is 0.471 e. The summed E-state index contributed by atoms with van der Waals surface area (Å²) in [4.78, 5) is 24.0. The van der Waals surface area contributed by atoms with E-state index in [4.69, 9.17) is 4.74 Å². The van der Waals surface area contributed by atoms with Crippen molar-refractivity contribution in [3.8, 4) is 17.1 Å². The highest BCUT2D eigenvalue weighted by Crippen LogP contribution is 2.29. The molecular formula is C23H25F3N6O3. The van der Waals surface area contributed by atoms with E-state index >= 15 is 0 Å². The van der Waals surface area contributed by atoms with Crippen LogP contribution in [0.4, 0.5) is 29.5 Å². The Morgan fingerprint density at radius 3 is 2.46 bits per heavy atom. The minimum Gasteiger partial charge on any atom is -0.494 e. The summed E-state index contributed by atoms with van der Waals surface area (Å²) in [7, 11) is 0. The van der Waals surface area contributed by atoms with Crippen LogP contribution in [0.3, 0.4) is 0 Å². The maximum Gasteiger partial charge on any atom is 0.471 e. The largest absolute Gasteiger partial charge is 0.494 e. The molecule has 1 aromatic carbocycles. The number of ether oxygens (including phenoxy) is 1. The first kappa shape index (κ1) is 24.3. The van der Waals surface area contributed by atoms with Crippen LogP contribution < -0.4 is 15.0 Å². The Kier molecular flexibility index (Phi) is 7.37. The lowest BCUT2D eigenvalue weighted by molar-refractivity contribution is -0.159. The number of unbranched alkanes of at least 4 members (excludes halogenated alkanes) is 1. The molecule has 35 heavy (non-hydrogen) atoms. The molecule has 0 spiro atoms. The lowest BCUT2D eigenvalue weighted by Gasteiger charge is -2.35. The van der Waals surface area contributed by atoms with Crippen LogP contribution in [0.5, 0.6) is 5.75 Å². The van der Waals surface area contributed by atoms with E-state index in [1.54, 1.807) is 17.0 Å². The maximum absolute atomic E-state index is 12.6. The van der Waals surface area contributed by atoms with Crippen LogP contribution in [-0.2, 0) is 6.18 Å². The lowest BCUT2D eigenvalue weighted by Crippen LogP contribution is -2.50. The number of anilines is 2. The highest BCUT2D eigenvalue weighted by Gasteiger charge is 2.38. The van der Waals surface area contributed by atoms with E-state index < -0.39 is 12.1 Å². The first-order valence-electron chi connectivity index (χ1n) is 11.2. The first-order chi connectivity index (χ1) is 16.8. The van der Waals surface area contributed by atoms with E-state index in [-0.39, 0.29) is 11.9 Å². The zero-order valence-corrected chi connectivity index (χ0v) is 19.1. The molecule has 1 aliphatic heterocycles. The van der Waals surface area contributed by atoms with Crippen molar-refractivity contribution in [3.05, 3.63) is 48.5 Å². The molecule has 3 heterocycles. The van der Waals surface area contributed by atoms with Crippen LogP contribution in [0.1, 0.15) is 25.7 Å². The molecule has 1 fully saturated rings. The molecule has 0 bridgehead atoms. The second-order valence-electron chi connectivity index (χ2n) is 7.96. The van der Waals surface area contributed by atoms with Gasteiger partial charge in [0.25, 0.3) is 0 Å². The fourth-order valence-electron chi connectivity index (χ4n) is 3.47. The predicted octanol–water partition coefficient (Wildman–Crippen LogP) is 4.68. The van der Waals surface area contributed by atoms with Gasteiger partial charge in [-0.1, -0.05) is 18.5 Å². The fraction of sp³-hybridized carbons (Fsp3) is 0.391. The average Bonchev–Trinajstić information content (AvgIpc) is 3.37. The molecule has 1 saturated heterocycles. The second kappa shape index (κ2) is 10.6. The molecule has 186 valence electrons. The van der Waals surface area contributed by atoms with Gasteiger partial charge in [-0.15, -0.1) is 0 Å². The van der Waals surface area contributed by atoms with Crippen molar-refractivity contribution >= 4 is 17.5 Å². The van der Waals surface area contributed by atoms with Crippen molar-refractivity contribution in [3.63, 3.8) is 0 Å². The van der Waals surface area contributed by atoms with Crippen molar-refractivity contribution in [2.45, 2.75) is 25.9 Å². The molecule has 0 radical (unpaired) electrons. The van der Waals surface area contributed by atoms with Crippen molar-refractivity contribution in [2.75, 3.05) is 43.0 Å². The highest BCUT2D eigenvalue weighted by molar-refractivity contribution is 5.89. The summed E-state index contributed by atoms with van der Waals surface area (Å²) >= 11 is 0. The van der Waals surface area contributed by atoms with Crippen LogP contribution in [0.15, 0.2) is 47.1 Å². The van der Waals surface area contributed by atoms with Gasteiger partial charge in [0.1, 0.15) is 11.6 Å². The monoisotopic (exact) mass is 490 g/mol. The molecule has 4 rings (SSSR count). The number of rotatable bonds is 7. The van der Waals surface area contributed by atoms with Gasteiger partial charge >= 0.3 is 18.1 Å². The number of piperazine rings is 1. The zero-order chi connectivity index (χ0) is 24.8. The Labute approximate surface area is 199 Å². The molecule has 2 amide bonds. The molecule has 1 aliphatic rings. The van der Waals surface area contributed by atoms with Gasteiger partial charge in [0, 0.05) is 43.6 Å². The molecule has 12 heteroatoms. The number of pyridine rings is 1. The van der Waals surface area contributed by atoms with E-state index in [1.807, 2.05) is 29.2 Å². The molecule has 0 saturated carbocycles. The Balaban J connectivity index is 1.27. The number of hydrogen-bond acceptors (Lipinski definition) is 7. The summed E-state index contributed by atoms with van der Waals surface area (Å²) < 4.78 is 47.8. The number of hydrogen-bond donors (Lipinski definition) is 1. The average molecular weight is 490 g/mol. The summed E-state index contributed by atoms with van der Waals surface area (Å²) in [5.74, 6) is -0.170. The van der Waals surface area contributed by atoms with Gasteiger partial charge in [-0.3, -0.25) is 0 Å². The molecule has 2 aromatic heterocycles. The van der Waals surface area contributed by atoms with Gasteiger partial charge in [0.2, 0.25) is 5.82 Å². The molecular weight excluding hydrogens is 465 g/mol. The Morgan fingerprint density at radius 2 is 1.86 bits per heavy atom. The summed E-state index contributed by atoms with van der Waals surface area (Å²) in [6.45, 7) is 4.88. The van der Waals surface area contributed by atoms with E-state index in [0.29, 0.717) is 49.9 Å². The fourth-order valence-corrected chi connectivity index (χ4v) is 3.47. The van der Waals surface area contributed by atoms with Crippen LogP contribution in [0, 0.1) is 0 Å². The Hall–Kier alpha value is -3.83. The Bertz CT molecular complexity index is 1110. The molecule has 0 aliphatic carbocycles. The number of benzene rings is 1. The van der Waals surface area contributed by atoms with Crippen molar-refractivity contribution in [1.29, 1.82) is 0 Å². The molecule has 0 unspecified atom stereocenters. The Morgan fingerprint density at radius 1 is 1.11 bits per heavy atom.